The average molecular weight is 336 g/mol. The molecule has 0 saturated carbocycles. The molecule has 0 spiro atoms. The second kappa shape index (κ2) is 6.96. The third-order valence-electron chi connectivity index (χ3n) is 3.75. The lowest BCUT2D eigenvalue weighted by Crippen LogP contribution is -2.23. The van der Waals surface area contributed by atoms with E-state index >= 15 is 0 Å². The first-order valence-corrected chi connectivity index (χ1v) is 7.62. The molecule has 7 heteroatoms. The maximum Gasteiger partial charge on any atom is 0.335 e. The van der Waals surface area contributed by atoms with Crippen molar-refractivity contribution in [2.75, 3.05) is 0 Å². The van der Waals surface area contributed by atoms with Crippen LogP contribution in [0.4, 0.5) is 0 Å². The molecule has 0 saturated heterocycles. The molecule has 0 aliphatic carbocycles. The summed E-state index contributed by atoms with van der Waals surface area (Å²) in [6, 6.07) is 11.9. The van der Waals surface area contributed by atoms with Gasteiger partial charge < -0.3 is 10.4 Å². The number of rotatable bonds is 5. The molecule has 0 aliphatic heterocycles. The molecule has 0 fully saturated rings. The first-order chi connectivity index (χ1) is 12.1. The van der Waals surface area contributed by atoms with E-state index in [4.69, 9.17) is 5.11 Å². The molecule has 0 bridgehead atoms. The number of benzene rings is 1. The van der Waals surface area contributed by atoms with Gasteiger partial charge in [0.15, 0.2) is 5.82 Å². The zero-order chi connectivity index (χ0) is 17.8. The summed E-state index contributed by atoms with van der Waals surface area (Å²) in [5.74, 6) is -0.644. The van der Waals surface area contributed by atoms with E-state index in [0.717, 1.165) is 0 Å². The van der Waals surface area contributed by atoms with Gasteiger partial charge in [-0.25, -0.2) is 14.5 Å². The summed E-state index contributed by atoms with van der Waals surface area (Å²) in [5.41, 5.74) is 2.02. The van der Waals surface area contributed by atoms with Crippen molar-refractivity contribution in [3.8, 4) is 5.82 Å². The van der Waals surface area contributed by atoms with Crippen molar-refractivity contribution in [2.24, 2.45) is 0 Å². The zero-order valence-electron chi connectivity index (χ0n) is 13.5. The zero-order valence-corrected chi connectivity index (χ0v) is 13.5. The lowest BCUT2D eigenvalue weighted by molar-refractivity contribution is 0.0696. The Labute approximate surface area is 143 Å². The van der Waals surface area contributed by atoms with Gasteiger partial charge in [-0.15, -0.1) is 0 Å². The van der Waals surface area contributed by atoms with Gasteiger partial charge in [0.25, 0.3) is 5.91 Å². The summed E-state index contributed by atoms with van der Waals surface area (Å²) in [6.45, 7) is 2.02. The van der Waals surface area contributed by atoms with Gasteiger partial charge in [-0.1, -0.05) is 18.2 Å². The van der Waals surface area contributed by atoms with E-state index in [9.17, 15) is 9.59 Å². The quantitative estimate of drug-likeness (QED) is 0.744. The van der Waals surface area contributed by atoms with Crippen LogP contribution in [0, 0.1) is 6.92 Å². The molecule has 0 radical (unpaired) electrons. The number of hydrogen-bond donors (Lipinski definition) is 2. The Morgan fingerprint density at radius 2 is 2.04 bits per heavy atom. The number of pyridine rings is 1. The maximum atomic E-state index is 12.4. The molecule has 2 aromatic heterocycles. The van der Waals surface area contributed by atoms with Crippen LogP contribution >= 0.6 is 0 Å². The van der Waals surface area contributed by atoms with E-state index in [1.165, 1.54) is 18.3 Å². The second-order valence-corrected chi connectivity index (χ2v) is 5.43. The van der Waals surface area contributed by atoms with Crippen molar-refractivity contribution in [1.29, 1.82) is 0 Å². The number of carbonyl (C=O) groups excluding carboxylic acids is 1. The van der Waals surface area contributed by atoms with E-state index in [1.54, 1.807) is 42.1 Å². The van der Waals surface area contributed by atoms with Gasteiger partial charge in [0.05, 0.1) is 23.0 Å². The van der Waals surface area contributed by atoms with E-state index in [1.807, 2.05) is 6.07 Å². The fourth-order valence-corrected chi connectivity index (χ4v) is 2.43. The van der Waals surface area contributed by atoms with Gasteiger partial charge in [-0.05, 0) is 36.8 Å². The van der Waals surface area contributed by atoms with Crippen LogP contribution in [-0.4, -0.2) is 31.7 Å². The van der Waals surface area contributed by atoms with Crippen molar-refractivity contribution in [3.05, 3.63) is 77.2 Å². The minimum absolute atomic E-state index is 0.186. The Hall–Kier alpha value is -3.48. The van der Waals surface area contributed by atoms with E-state index < -0.39 is 5.97 Å². The Bertz CT molecular complexity index is 919. The maximum absolute atomic E-state index is 12.4. The van der Waals surface area contributed by atoms with Crippen molar-refractivity contribution < 1.29 is 14.7 Å². The SMILES string of the molecule is Cc1c(C(=O)NCc2cccc(C(=O)O)c2)cnn1-c1ccccn1. The lowest BCUT2D eigenvalue weighted by atomic mass is 10.1. The monoisotopic (exact) mass is 336 g/mol. The molecule has 2 heterocycles. The molecule has 1 amide bonds. The van der Waals surface area contributed by atoms with Gasteiger partial charge in [-0.3, -0.25) is 4.79 Å². The molecular formula is C18H16N4O3. The van der Waals surface area contributed by atoms with Crippen molar-refractivity contribution >= 4 is 11.9 Å². The van der Waals surface area contributed by atoms with E-state index in [-0.39, 0.29) is 18.0 Å². The second-order valence-electron chi connectivity index (χ2n) is 5.43. The average Bonchev–Trinajstić information content (AvgIpc) is 3.02. The lowest BCUT2D eigenvalue weighted by Gasteiger charge is -2.07. The molecule has 0 unspecified atom stereocenters. The first kappa shape index (κ1) is 16.4. The van der Waals surface area contributed by atoms with Crippen molar-refractivity contribution in [1.82, 2.24) is 20.1 Å². The molecule has 7 nitrogen and oxygen atoms in total. The predicted molar refractivity (Wildman–Crippen MR) is 90.7 cm³/mol. The van der Waals surface area contributed by atoms with Gasteiger partial charge in [0, 0.05) is 12.7 Å². The van der Waals surface area contributed by atoms with Crippen molar-refractivity contribution in [2.45, 2.75) is 13.5 Å². The first-order valence-electron chi connectivity index (χ1n) is 7.62. The topological polar surface area (TPSA) is 97.1 Å². The van der Waals surface area contributed by atoms with Crippen LogP contribution in [0.5, 0.6) is 0 Å². The van der Waals surface area contributed by atoms with Gasteiger partial charge in [0.1, 0.15) is 0 Å². The minimum Gasteiger partial charge on any atom is -0.478 e. The molecule has 3 rings (SSSR count). The number of nitrogens with one attached hydrogen (secondary N) is 1. The van der Waals surface area contributed by atoms with Crippen LogP contribution in [0.1, 0.15) is 32.0 Å². The van der Waals surface area contributed by atoms with Crippen LogP contribution in [0.25, 0.3) is 5.82 Å². The number of aromatic nitrogens is 3. The standard InChI is InChI=1S/C18H16N4O3/c1-12-15(11-21-22(12)16-7-2-3-8-19-16)17(23)20-10-13-5-4-6-14(9-13)18(24)25/h2-9,11H,10H2,1H3,(H,20,23)(H,24,25). The number of hydrogen-bond acceptors (Lipinski definition) is 4. The Kier molecular flexibility index (Phi) is 4.56. The summed E-state index contributed by atoms with van der Waals surface area (Å²) in [4.78, 5) is 27.6. The largest absolute Gasteiger partial charge is 0.478 e. The Morgan fingerprint density at radius 1 is 1.20 bits per heavy atom. The van der Waals surface area contributed by atoms with Crippen LogP contribution < -0.4 is 5.32 Å². The highest BCUT2D eigenvalue weighted by Gasteiger charge is 2.15. The number of carboxylic acid groups (broad SMARTS) is 1. The predicted octanol–water partition coefficient (Wildman–Crippen LogP) is 2.20. The number of amides is 1. The fraction of sp³-hybridized carbons (Fsp3) is 0.111. The highest BCUT2D eigenvalue weighted by Crippen LogP contribution is 2.12. The molecule has 1 aromatic carbocycles. The van der Waals surface area contributed by atoms with Gasteiger partial charge in [-0.2, -0.15) is 5.10 Å². The van der Waals surface area contributed by atoms with Crippen LogP contribution in [-0.2, 0) is 6.54 Å². The molecule has 2 N–H and O–H groups in total. The molecule has 25 heavy (non-hydrogen) atoms. The summed E-state index contributed by atoms with van der Waals surface area (Å²) in [5, 5.41) is 16.0. The van der Waals surface area contributed by atoms with Crippen LogP contribution in [0.2, 0.25) is 0 Å². The summed E-state index contributed by atoms with van der Waals surface area (Å²) < 4.78 is 1.60. The minimum atomic E-state index is -0.999. The molecule has 3 aromatic rings. The van der Waals surface area contributed by atoms with E-state index in [2.05, 4.69) is 15.4 Å². The summed E-state index contributed by atoms with van der Waals surface area (Å²) >= 11 is 0. The third kappa shape index (κ3) is 3.55. The molecule has 0 atom stereocenters. The molecule has 126 valence electrons. The number of carbonyl (C=O) groups is 2. The number of nitrogens with zero attached hydrogens (tertiary/aromatic N) is 3. The third-order valence-corrected chi connectivity index (χ3v) is 3.75. The van der Waals surface area contributed by atoms with Crippen LogP contribution in [0.3, 0.4) is 0 Å². The van der Waals surface area contributed by atoms with E-state index in [0.29, 0.717) is 22.6 Å². The Balaban J connectivity index is 1.73. The number of carboxylic acids is 1. The van der Waals surface area contributed by atoms with Gasteiger partial charge >= 0.3 is 5.97 Å². The summed E-state index contributed by atoms with van der Waals surface area (Å²) in [7, 11) is 0. The molecular weight excluding hydrogens is 320 g/mol. The smallest absolute Gasteiger partial charge is 0.335 e. The highest BCUT2D eigenvalue weighted by molar-refractivity contribution is 5.95. The normalized spacial score (nSPS) is 10.4. The van der Waals surface area contributed by atoms with Crippen LogP contribution in [0.15, 0.2) is 54.9 Å². The molecule has 0 aliphatic rings. The Morgan fingerprint density at radius 3 is 2.76 bits per heavy atom. The van der Waals surface area contributed by atoms with Crippen molar-refractivity contribution in [3.63, 3.8) is 0 Å². The summed E-state index contributed by atoms with van der Waals surface area (Å²) in [6.07, 6.45) is 3.15. The number of aromatic carboxylic acids is 1. The highest BCUT2D eigenvalue weighted by atomic mass is 16.4. The fourth-order valence-electron chi connectivity index (χ4n) is 2.43. The van der Waals surface area contributed by atoms with Gasteiger partial charge in [0.2, 0.25) is 0 Å².